The van der Waals surface area contributed by atoms with Crippen molar-refractivity contribution in [3.05, 3.63) is 0 Å². The minimum atomic E-state index is -0.0107. The summed E-state index contributed by atoms with van der Waals surface area (Å²) in [6.45, 7) is 0. The third-order valence-corrected chi connectivity index (χ3v) is 7.67. The Morgan fingerprint density at radius 1 is 0.926 bits per heavy atom. The molecule has 0 aromatic heterocycles. The van der Waals surface area contributed by atoms with Gasteiger partial charge in [0.15, 0.2) is 5.56 Å². The average molecular weight is 397 g/mol. The van der Waals surface area contributed by atoms with Crippen molar-refractivity contribution in [3.63, 3.8) is 0 Å². The molecule has 27 heavy (non-hydrogen) atoms. The molecule has 1 heterocycles. The molecule has 0 aromatic carbocycles. The second-order valence-corrected chi connectivity index (χ2v) is 9.86. The van der Waals surface area contributed by atoms with E-state index in [1.54, 1.807) is 11.8 Å². The van der Waals surface area contributed by atoms with Gasteiger partial charge >= 0.3 is 0 Å². The number of ether oxygens (including phenoxy) is 2. The second-order valence-electron chi connectivity index (χ2n) is 8.81. The molecule has 1 amide bonds. The number of carbonyl (C=O) groups is 1. The Kier molecular flexibility index (Phi) is 7.37. The molecule has 3 aliphatic carbocycles. The summed E-state index contributed by atoms with van der Waals surface area (Å²) in [4.78, 5) is 12.3. The normalized spacial score (nSPS) is 37.7. The summed E-state index contributed by atoms with van der Waals surface area (Å²) in [5.74, 6) is 0.632. The van der Waals surface area contributed by atoms with Crippen LogP contribution in [0.15, 0.2) is 0 Å². The maximum atomic E-state index is 12.3. The van der Waals surface area contributed by atoms with E-state index in [1.165, 1.54) is 51.4 Å². The minimum Gasteiger partial charge on any atom is -0.375 e. The summed E-state index contributed by atoms with van der Waals surface area (Å²) in [5.41, 5.74) is -0.0107. The van der Waals surface area contributed by atoms with Crippen molar-refractivity contribution in [1.82, 2.24) is 10.6 Å². The molecule has 0 spiro atoms. The highest BCUT2D eigenvalue weighted by Gasteiger charge is 2.36. The van der Waals surface area contributed by atoms with Crippen LogP contribution in [0.4, 0.5) is 0 Å². The molecule has 3 saturated carbocycles. The van der Waals surface area contributed by atoms with Gasteiger partial charge in [0.05, 0.1) is 24.1 Å². The van der Waals surface area contributed by atoms with E-state index in [0.29, 0.717) is 36.1 Å². The van der Waals surface area contributed by atoms with Crippen LogP contribution in [-0.2, 0) is 14.3 Å². The lowest BCUT2D eigenvalue weighted by Crippen LogP contribution is -2.41. The first-order valence-electron chi connectivity index (χ1n) is 11.2. The zero-order chi connectivity index (χ0) is 18.5. The van der Waals surface area contributed by atoms with E-state index in [2.05, 4.69) is 10.6 Å². The zero-order valence-corrected chi connectivity index (χ0v) is 17.3. The zero-order valence-electron chi connectivity index (χ0n) is 16.5. The van der Waals surface area contributed by atoms with Gasteiger partial charge in [-0.25, -0.2) is 0 Å². The highest BCUT2D eigenvalue weighted by atomic mass is 32.2. The van der Waals surface area contributed by atoms with Gasteiger partial charge in [-0.05, 0) is 51.4 Å². The average Bonchev–Trinajstić information content (AvgIpc) is 3.12. The number of fused-ring (bicyclic) bond motifs is 1. The SMILES string of the molecule is O=C(CSC1NC2CCCCC2O1)NC1CCC(OC2CCCCC2)CC1. The maximum absolute atomic E-state index is 12.3. The third-order valence-electron chi connectivity index (χ3n) is 6.69. The quantitative estimate of drug-likeness (QED) is 0.717. The van der Waals surface area contributed by atoms with Crippen LogP contribution in [-0.4, -0.2) is 47.6 Å². The van der Waals surface area contributed by atoms with Gasteiger partial charge in [0.25, 0.3) is 0 Å². The number of hydrogen-bond donors (Lipinski definition) is 2. The van der Waals surface area contributed by atoms with Crippen LogP contribution in [0, 0.1) is 0 Å². The van der Waals surface area contributed by atoms with E-state index >= 15 is 0 Å². The molecule has 0 aromatic rings. The van der Waals surface area contributed by atoms with Crippen molar-refractivity contribution >= 4 is 17.7 Å². The number of nitrogens with one attached hydrogen (secondary N) is 2. The van der Waals surface area contributed by atoms with E-state index in [-0.39, 0.29) is 11.5 Å². The van der Waals surface area contributed by atoms with Crippen molar-refractivity contribution in [3.8, 4) is 0 Å². The van der Waals surface area contributed by atoms with Crippen molar-refractivity contribution in [2.45, 2.75) is 119 Å². The Bertz CT molecular complexity index is 464. The van der Waals surface area contributed by atoms with Crippen molar-refractivity contribution in [2.75, 3.05) is 5.75 Å². The largest absolute Gasteiger partial charge is 0.375 e. The molecule has 2 N–H and O–H groups in total. The molecule has 4 rings (SSSR count). The first-order valence-corrected chi connectivity index (χ1v) is 12.3. The number of hydrogen-bond acceptors (Lipinski definition) is 5. The first kappa shape index (κ1) is 20.0. The molecule has 3 atom stereocenters. The number of amides is 1. The maximum Gasteiger partial charge on any atom is 0.230 e. The molecular formula is C21H36N2O3S. The fraction of sp³-hybridized carbons (Fsp3) is 0.952. The van der Waals surface area contributed by atoms with Gasteiger partial charge in [-0.1, -0.05) is 32.1 Å². The van der Waals surface area contributed by atoms with Crippen LogP contribution in [0.2, 0.25) is 0 Å². The summed E-state index contributed by atoms with van der Waals surface area (Å²) in [5, 5.41) is 6.77. The standard InChI is InChI=1S/C21H36N2O3S/c24-20(14-27-21-23-18-8-4-5-9-19(18)26-21)22-15-10-12-17(13-11-15)25-16-6-2-1-3-7-16/h15-19,21,23H,1-14H2,(H,22,24). The Morgan fingerprint density at radius 3 is 2.41 bits per heavy atom. The minimum absolute atomic E-state index is 0.0107. The van der Waals surface area contributed by atoms with Gasteiger partial charge < -0.3 is 14.8 Å². The Hall–Kier alpha value is -0.300. The molecule has 6 heteroatoms. The van der Waals surface area contributed by atoms with E-state index in [0.717, 1.165) is 32.1 Å². The van der Waals surface area contributed by atoms with Gasteiger partial charge in [-0.15, -0.1) is 11.8 Å². The van der Waals surface area contributed by atoms with Crippen LogP contribution in [0.1, 0.15) is 83.5 Å². The predicted molar refractivity (Wildman–Crippen MR) is 109 cm³/mol. The lowest BCUT2D eigenvalue weighted by atomic mass is 9.92. The van der Waals surface area contributed by atoms with Crippen LogP contribution in [0.3, 0.4) is 0 Å². The molecule has 4 fully saturated rings. The van der Waals surface area contributed by atoms with Crippen molar-refractivity contribution in [2.24, 2.45) is 0 Å². The fourth-order valence-corrected chi connectivity index (χ4v) is 6.03. The smallest absolute Gasteiger partial charge is 0.230 e. The lowest BCUT2D eigenvalue weighted by Gasteiger charge is -2.33. The molecule has 4 aliphatic rings. The monoisotopic (exact) mass is 396 g/mol. The molecule has 3 unspecified atom stereocenters. The van der Waals surface area contributed by atoms with E-state index in [9.17, 15) is 4.79 Å². The Morgan fingerprint density at radius 2 is 1.63 bits per heavy atom. The molecular weight excluding hydrogens is 360 g/mol. The van der Waals surface area contributed by atoms with Crippen molar-refractivity contribution in [1.29, 1.82) is 0 Å². The number of thioether (sulfide) groups is 1. The highest BCUT2D eigenvalue weighted by molar-refractivity contribution is 8.00. The lowest BCUT2D eigenvalue weighted by molar-refractivity contribution is -0.120. The number of rotatable bonds is 6. The van der Waals surface area contributed by atoms with Crippen LogP contribution >= 0.6 is 11.8 Å². The third kappa shape index (κ3) is 5.84. The Balaban J connectivity index is 1.10. The fourth-order valence-electron chi connectivity index (χ4n) is 5.15. The summed E-state index contributed by atoms with van der Waals surface area (Å²) in [7, 11) is 0. The molecule has 0 bridgehead atoms. The molecule has 0 radical (unpaired) electrons. The predicted octanol–water partition coefficient (Wildman–Crippen LogP) is 3.71. The van der Waals surface area contributed by atoms with E-state index in [4.69, 9.17) is 9.47 Å². The summed E-state index contributed by atoms with van der Waals surface area (Å²) >= 11 is 1.60. The van der Waals surface area contributed by atoms with E-state index in [1.807, 2.05) is 0 Å². The summed E-state index contributed by atoms with van der Waals surface area (Å²) in [6, 6.07) is 0.822. The van der Waals surface area contributed by atoms with Crippen LogP contribution < -0.4 is 10.6 Å². The Labute approximate surface area is 168 Å². The molecule has 1 saturated heterocycles. The molecule has 5 nitrogen and oxygen atoms in total. The highest BCUT2D eigenvalue weighted by Crippen LogP contribution is 2.31. The molecule has 154 valence electrons. The van der Waals surface area contributed by atoms with Gasteiger partial charge in [-0.3, -0.25) is 10.1 Å². The van der Waals surface area contributed by atoms with Gasteiger partial charge in [0.1, 0.15) is 0 Å². The summed E-state index contributed by atoms with van der Waals surface area (Å²) < 4.78 is 12.4. The molecule has 1 aliphatic heterocycles. The van der Waals surface area contributed by atoms with Crippen molar-refractivity contribution < 1.29 is 14.3 Å². The topological polar surface area (TPSA) is 59.6 Å². The number of carbonyl (C=O) groups excluding carboxylic acids is 1. The van der Waals surface area contributed by atoms with Crippen LogP contribution in [0.5, 0.6) is 0 Å². The van der Waals surface area contributed by atoms with Crippen LogP contribution in [0.25, 0.3) is 0 Å². The van der Waals surface area contributed by atoms with Gasteiger partial charge in [-0.2, -0.15) is 0 Å². The second kappa shape index (κ2) is 9.95. The first-order chi connectivity index (χ1) is 13.3. The van der Waals surface area contributed by atoms with Gasteiger partial charge in [0.2, 0.25) is 5.91 Å². The van der Waals surface area contributed by atoms with E-state index < -0.39 is 0 Å². The summed E-state index contributed by atoms with van der Waals surface area (Å²) in [6.07, 6.45) is 17.0. The van der Waals surface area contributed by atoms with Gasteiger partial charge in [0, 0.05) is 12.1 Å².